The van der Waals surface area contributed by atoms with Crippen LogP contribution < -0.4 is 5.32 Å². The van der Waals surface area contributed by atoms with Gasteiger partial charge in [0.05, 0.1) is 0 Å². The molecule has 0 aliphatic heterocycles. The topological polar surface area (TPSA) is 75.1 Å². The summed E-state index contributed by atoms with van der Waals surface area (Å²) in [5, 5.41) is 18.5. The molecule has 1 aromatic heterocycles. The molecule has 0 aliphatic rings. The van der Waals surface area contributed by atoms with E-state index in [2.05, 4.69) is 15.5 Å². The smallest absolute Gasteiger partial charge is 0.271 e. The van der Waals surface area contributed by atoms with Crippen molar-refractivity contribution in [3.05, 3.63) is 24.0 Å². The minimum absolute atomic E-state index is 0.154. The second-order valence-electron chi connectivity index (χ2n) is 2.80. The third-order valence-electron chi connectivity index (χ3n) is 1.68. The molecule has 5 nitrogen and oxygen atoms in total. The second kappa shape index (κ2) is 6.04. The molecule has 0 aliphatic carbocycles. The predicted octanol–water partition coefficient (Wildman–Crippen LogP) is -0.0211. The molecule has 5 heteroatoms. The average Bonchev–Trinajstić information content (AvgIpc) is 2.25. The molecule has 1 rings (SSSR count). The van der Waals surface area contributed by atoms with Crippen molar-refractivity contribution in [2.75, 3.05) is 13.2 Å². The van der Waals surface area contributed by atoms with Crippen molar-refractivity contribution in [3.63, 3.8) is 0 Å². The van der Waals surface area contributed by atoms with Crippen molar-refractivity contribution in [1.82, 2.24) is 15.5 Å². The summed E-state index contributed by atoms with van der Waals surface area (Å²) in [6.45, 7) is 0.705. The Morgan fingerprint density at radius 2 is 2.36 bits per heavy atom. The van der Waals surface area contributed by atoms with Gasteiger partial charge in [-0.3, -0.25) is 4.79 Å². The maximum atomic E-state index is 11.3. The molecule has 0 saturated carbocycles. The van der Waals surface area contributed by atoms with Crippen LogP contribution in [0.5, 0.6) is 0 Å². The molecule has 0 atom stereocenters. The highest BCUT2D eigenvalue weighted by molar-refractivity contribution is 5.91. The highest BCUT2D eigenvalue weighted by Crippen LogP contribution is 1.91. The summed E-state index contributed by atoms with van der Waals surface area (Å²) in [4.78, 5) is 11.3. The lowest BCUT2D eigenvalue weighted by molar-refractivity contribution is 0.0946. The van der Waals surface area contributed by atoms with Gasteiger partial charge in [0.15, 0.2) is 5.69 Å². The number of carbonyl (C=O) groups excluding carboxylic acids is 1. The lowest BCUT2D eigenvalue weighted by Gasteiger charge is -2.02. The first-order chi connectivity index (χ1) is 6.84. The number of amides is 1. The molecule has 0 aromatic carbocycles. The van der Waals surface area contributed by atoms with Gasteiger partial charge in [-0.15, -0.1) is 5.10 Å². The highest BCUT2D eigenvalue weighted by atomic mass is 16.2. The highest BCUT2D eigenvalue weighted by Gasteiger charge is 2.04. The third-order valence-corrected chi connectivity index (χ3v) is 1.68. The zero-order valence-electron chi connectivity index (χ0n) is 7.81. The average molecular weight is 195 g/mol. The minimum atomic E-state index is -0.226. The van der Waals surface area contributed by atoms with E-state index in [1.807, 2.05) is 0 Å². The Labute approximate surface area is 82.2 Å². The first kappa shape index (κ1) is 10.6. The zero-order chi connectivity index (χ0) is 10.2. The summed E-state index contributed by atoms with van der Waals surface area (Å²) < 4.78 is 0. The van der Waals surface area contributed by atoms with Gasteiger partial charge in [0.2, 0.25) is 0 Å². The van der Waals surface area contributed by atoms with Crippen LogP contribution >= 0.6 is 0 Å². The Hall–Kier alpha value is -1.49. The van der Waals surface area contributed by atoms with E-state index >= 15 is 0 Å². The number of aliphatic hydroxyl groups excluding tert-OH is 1. The number of nitrogens with one attached hydrogen (secondary N) is 1. The third kappa shape index (κ3) is 3.49. The molecule has 1 heterocycles. The number of rotatable bonds is 5. The Balaban J connectivity index is 2.29. The van der Waals surface area contributed by atoms with E-state index in [0.29, 0.717) is 18.7 Å². The van der Waals surface area contributed by atoms with Crippen LogP contribution in [0.2, 0.25) is 0 Å². The number of aromatic nitrogens is 2. The molecule has 0 fully saturated rings. The van der Waals surface area contributed by atoms with Gasteiger partial charge < -0.3 is 10.4 Å². The predicted molar refractivity (Wildman–Crippen MR) is 50.7 cm³/mol. The lowest BCUT2D eigenvalue weighted by Crippen LogP contribution is -2.25. The summed E-state index contributed by atoms with van der Waals surface area (Å²) >= 11 is 0. The zero-order valence-corrected chi connectivity index (χ0v) is 7.81. The van der Waals surface area contributed by atoms with Crippen LogP contribution in [0.3, 0.4) is 0 Å². The number of nitrogens with zero attached hydrogens (tertiary/aromatic N) is 2. The van der Waals surface area contributed by atoms with E-state index in [4.69, 9.17) is 5.11 Å². The molecular formula is C9H13N3O2. The van der Waals surface area contributed by atoms with Crippen LogP contribution in [0, 0.1) is 0 Å². The Bertz CT molecular complexity index is 277. The molecule has 76 valence electrons. The van der Waals surface area contributed by atoms with E-state index in [0.717, 1.165) is 6.42 Å². The fourth-order valence-electron chi connectivity index (χ4n) is 0.952. The van der Waals surface area contributed by atoms with Crippen LogP contribution in [-0.4, -0.2) is 34.4 Å². The number of hydrogen-bond donors (Lipinski definition) is 2. The fourth-order valence-corrected chi connectivity index (χ4v) is 0.952. The Morgan fingerprint density at radius 3 is 3.00 bits per heavy atom. The molecule has 0 unspecified atom stereocenters. The van der Waals surface area contributed by atoms with E-state index in [1.54, 1.807) is 12.1 Å². The van der Waals surface area contributed by atoms with Crippen molar-refractivity contribution >= 4 is 5.91 Å². The second-order valence-corrected chi connectivity index (χ2v) is 2.80. The van der Waals surface area contributed by atoms with Gasteiger partial charge in [-0.2, -0.15) is 5.10 Å². The van der Waals surface area contributed by atoms with E-state index in [-0.39, 0.29) is 12.5 Å². The summed E-state index contributed by atoms with van der Waals surface area (Å²) in [6.07, 6.45) is 2.98. The minimum Gasteiger partial charge on any atom is -0.396 e. The molecule has 0 saturated heterocycles. The first-order valence-corrected chi connectivity index (χ1v) is 4.51. The van der Waals surface area contributed by atoms with Crippen molar-refractivity contribution < 1.29 is 9.90 Å². The molecule has 1 aromatic rings. The van der Waals surface area contributed by atoms with Gasteiger partial charge in [-0.05, 0) is 25.0 Å². The SMILES string of the molecule is O=C(NCCCCO)c1cccnn1. The van der Waals surface area contributed by atoms with E-state index in [9.17, 15) is 4.79 Å². The summed E-state index contributed by atoms with van der Waals surface area (Å²) in [7, 11) is 0. The van der Waals surface area contributed by atoms with Crippen molar-refractivity contribution in [1.29, 1.82) is 0 Å². The molecule has 0 radical (unpaired) electrons. The summed E-state index contributed by atoms with van der Waals surface area (Å²) in [5.41, 5.74) is 0.316. The van der Waals surface area contributed by atoms with Crippen LogP contribution in [-0.2, 0) is 0 Å². The van der Waals surface area contributed by atoms with Crippen molar-refractivity contribution in [2.24, 2.45) is 0 Å². The maximum absolute atomic E-state index is 11.3. The fraction of sp³-hybridized carbons (Fsp3) is 0.444. The van der Waals surface area contributed by atoms with Crippen LogP contribution in [0.4, 0.5) is 0 Å². The summed E-state index contributed by atoms with van der Waals surface area (Å²) in [5.74, 6) is -0.226. The first-order valence-electron chi connectivity index (χ1n) is 4.51. The van der Waals surface area contributed by atoms with Crippen molar-refractivity contribution in [3.8, 4) is 0 Å². The van der Waals surface area contributed by atoms with Gasteiger partial charge in [0.25, 0.3) is 5.91 Å². The maximum Gasteiger partial charge on any atom is 0.271 e. The van der Waals surface area contributed by atoms with Crippen LogP contribution in [0.25, 0.3) is 0 Å². The lowest BCUT2D eigenvalue weighted by atomic mass is 10.3. The Morgan fingerprint density at radius 1 is 1.50 bits per heavy atom. The van der Waals surface area contributed by atoms with Gasteiger partial charge in [-0.25, -0.2) is 0 Å². The molecule has 0 spiro atoms. The monoisotopic (exact) mass is 195 g/mol. The van der Waals surface area contributed by atoms with Gasteiger partial charge in [-0.1, -0.05) is 0 Å². The normalized spacial score (nSPS) is 9.79. The molecule has 1 amide bonds. The molecular weight excluding hydrogens is 182 g/mol. The van der Waals surface area contributed by atoms with E-state index < -0.39 is 0 Å². The van der Waals surface area contributed by atoms with Crippen molar-refractivity contribution in [2.45, 2.75) is 12.8 Å². The van der Waals surface area contributed by atoms with Gasteiger partial charge in [0.1, 0.15) is 0 Å². The number of hydrogen-bond acceptors (Lipinski definition) is 4. The standard InChI is InChI=1S/C9H13N3O2/c13-7-2-1-5-10-9(14)8-4-3-6-11-12-8/h3-4,6,13H,1-2,5,7H2,(H,10,14). The van der Waals surface area contributed by atoms with E-state index in [1.165, 1.54) is 6.20 Å². The van der Waals surface area contributed by atoms with Gasteiger partial charge >= 0.3 is 0 Å². The van der Waals surface area contributed by atoms with Crippen LogP contribution in [0.15, 0.2) is 18.3 Å². The van der Waals surface area contributed by atoms with Crippen LogP contribution in [0.1, 0.15) is 23.3 Å². The van der Waals surface area contributed by atoms with Gasteiger partial charge in [0, 0.05) is 19.3 Å². The number of aliphatic hydroxyl groups is 1. The summed E-state index contributed by atoms with van der Waals surface area (Å²) in [6, 6.07) is 3.27. The number of unbranched alkanes of at least 4 members (excludes halogenated alkanes) is 1. The molecule has 2 N–H and O–H groups in total. The number of carbonyl (C=O) groups is 1. The molecule has 14 heavy (non-hydrogen) atoms. The molecule has 0 bridgehead atoms. The Kier molecular flexibility index (Phi) is 4.57. The quantitative estimate of drug-likeness (QED) is 0.647. The largest absolute Gasteiger partial charge is 0.396 e.